The first-order valence-electron chi connectivity index (χ1n) is 11.8. The molecule has 1 heterocycles. The fraction of sp³-hybridized carbons (Fsp3) is 0.148. The third-order valence-corrected chi connectivity index (χ3v) is 9.50. The first-order chi connectivity index (χ1) is 19.7. The number of benzene rings is 3. The van der Waals surface area contributed by atoms with Gasteiger partial charge < -0.3 is 14.2 Å². The first kappa shape index (κ1) is 29.1. The molecule has 212 valence electrons. The molecule has 0 aliphatic carbocycles. The highest BCUT2D eigenvalue weighted by atomic mass is 32.2. The summed E-state index contributed by atoms with van der Waals surface area (Å²) in [6, 6.07) is 17.7. The van der Waals surface area contributed by atoms with Crippen molar-refractivity contribution >= 4 is 48.8 Å². The molecule has 0 radical (unpaired) electrons. The standard InChI is InChI=1S/C27H24N4O8S2/c1-28-17-30(40(33,34)22-12-8-20(37-2)9-13-22)26-16-29-27(25-7-5-4-6-24(25)26)31(18-39-19-32)41(35,36)23-14-10-21(38-3)11-15-23/h4-16,19H,17-18H2,2-3H3. The van der Waals surface area contributed by atoms with Gasteiger partial charge in [0.1, 0.15) is 11.5 Å². The Balaban J connectivity index is 1.89. The van der Waals surface area contributed by atoms with E-state index in [9.17, 15) is 21.6 Å². The molecule has 0 saturated carbocycles. The number of fused-ring (bicyclic) bond motifs is 1. The molecule has 0 amide bonds. The monoisotopic (exact) mass is 596 g/mol. The summed E-state index contributed by atoms with van der Waals surface area (Å²) in [5, 5.41) is 0.524. The highest BCUT2D eigenvalue weighted by molar-refractivity contribution is 7.93. The Morgan fingerprint density at radius 1 is 0.805 bits per heavy atom. The Labute approximate surface area is 237 Å². The predicted octanol–water partition coefficient (Wildman–Crippen LogP) is 3.65. The Bertz CT molecular complexity index is 1810. The van der Waals surface area contributed by atoms with Crippen LogP contribution >= 0.6 is 0 Å². The van der Waals surface area contributed by atoms with Crippen LogP contribution in [0.1, 0.15) is 0 Å². The molecule has 0 atom stereocenters. The zero-order valence-corrected chi connectivity index (χ0v) is 23.5. The summed E-state index contributed by atoms with van der Waals surface area (Å²) >= 11 is 0. The van der Waals surface area contributed by atoms with Gasteiger partial charge in [-0.15, -0.1) is 0 Å². The molecule has 41 heavy (non-hydrogen) atoms. The van der Waals surface area contributed by atoms with Crippen molar-refractivity contribution < 1.29 is 35.8 Å². The molecule has 0 fully saturated rings. The lowest BCUT2D eigenvalue weighted by Crippen LogP contribution is -2.35. The van der Waals surface area contributed by atoms with E-state index >= 15 is 0 Å². The maximum Gasteiger partial charge on any atom is 0.302 e. The van der Waals surface area contributed by atoms with Gasteiger partial charge in [0, 0.05) is 10.8 Å². The largest absolute Gasteiger partial charge is 0.497 e. The molecule has 0 bridgehead atoms. The smallest absolute Gasteiger partial charge is 0.302 e. The number of hydrogen-bond donors (Lipinski definition) is 0. The van der Waals surface area contributed by atoms with Crippen molar-refractivity contribution in [2.24, 2.45) is 0 Å². The third-order valence-electron chi connectivity index (χ3n) is 6.01. The van der Waals surface area contributed by atoms with Crippen molar-refractivity contribution in [1.29, 1.82) is 0 Å². The fourth-order valence-electron chi connectivity index (χ4n) is 4.00. The Morgan fingerprint density at radius 2 is 1.32 bits per heavy atom. The lowest BCUT2D eigenvalue weighted by atomic mass is 10.1. The fourth-order valence-corrected chi connectivity index (χ4v) is 6.65. The zero-order valence-electron chi connectivity index (χ0n) is 21.9. The maximum absolute atomic E-state index is 13.7. The number of ether oxygens (including phenoxy) is 3. The van der Waals surface area contributed by atoms with Gasteiger partial charge in [-0.2, -0.15) is 4.31 Å². The van der Waals surface area contributed by atoms with Gasteiger partial charge in [-0.05, 0) is 48.5 Å². The van der Waals surface area contributed by atoms with Crippen molar-refractivity contribution in [3.63, 3.8) is 0 Å². The molecular weight excluding hydrogens is 572 g/mol. The molecule has 4 aromatic rings. The van der Waals surface area contributed by atoms with Crippen LogP contribution < -0.4 is 18.1 Å². The minimum Gasteiger partial charge on any atom is -0.497 e. The number of anilines is 2. The van der Waals surface area contributed by atoms with E-state index in [1.165, 1.54) is 68.9 Å². The van der Waals surface area contributed by atoms with Crippen molar-refractivity contribution in [3.8, 4) is 11.5 Å². The Kier molecular flexibility index (Phi) is 8.60. The van der Waals surface area contributed by atoms with E-state index in [1.54, 1.807) is 24.3 Å². The van der Waals surface area contributed by atoms with E-state index in [4.69, 9.17) is 20.8 Å². The molecule has 0 aliphatic heterocycles. The van der Waals surface area contributed by atoms with Gasteiger partial charge >= 0.3 is 6.67 Å². The normalized spacial score (nSPS) is 11.3. The van der Waals surface area contributed by atoms with Crippen LogP contribution in [0.2, 0.25) is 0 Å². The van der Waals surface area contributed by atoms with Crippen LogP contribution in [0.3, 0.4) is 0 Å². The van der Waals surface area contributed by atoms with Gasteiger partial charge in [-0.25, -0.2) is 32.7 Å². The number of pyridine rings is 1. The van der Waals surface area contributed by atoms with Crippen LogP contribution in [0.15, 0.2) is 88.8 Å². The quantitative estimate of drug-likeness (QED) is 0.136. The highest BCUT2D eigenvalue weighted by Crippen LogP contribution is 2.37. The minimum atomic E-state index is -4.32. The van der Waals surface area contributed by atoms with Gasteiger partial charge in [0.05, 0.1) is 35.9 Å². The summed E-state index contributed by atoms with van der Waals surface area (Å²) in [5.41, 5.74) is 0.0502. The molecular formula is C27H24N4O8S2. The molecule has 4 rings (SSSR count). The summed E-state index contributed by atoms with van der Waals surface area (Å²) in [4.78, 5) is 18.5. The van der Waals surface area contributed by atoms with E-state index in [0.29, 0.717) is 16.9 Å². The van der Waals surface area contributed by atoms with E-state index in [-0.39, 0.29) is 33.2 Å². The average molecular weight is 597 g/mol. The average Bonchev–Trinajstić information content (AvgIpc) is 3.00. The van der Waals surface area contributed by atoms with E-state index < -0.39 is 33.4 Å². The summed E-state index contributed by atoms with van der Waals surface area (Å²) in [6.45, 7) is 6.25. The van der Waals surface area contributed by atoms with Crippen LogP contribution in [-0.2, 0) is 29.6 Å². The molecule has 3 aromatic carbocycles. The van der Waals surface area contributed by atoms with E-state index in [2.05, 4.69) is 9.83 Å². The second kappa shape index (κ2) is 12.1. The minimum absolute atomic E-state index is 0.0502. The molecule has 0 unspecified atom stereocenters. The first-order valence-corrected chi connectivity index (χ1v) is 14.7. The summed E-state index contributed by atoms with van der Waals surface area (Å²) in [5.74, 6) is 0.769. The zero-order chi connectivity index (χ0) is 29.6. The number of nitrogens with zero attached hydrogens (tertiary/aromatic N) is 4. The Hall–Kier alpha value is -4.87. The third kappa shape index (κ3) is 5.72. The number of aromatic nitrogens is 1. The molecule has 0 N–H and O–H groups in total. The lowest BCUT2D eigenvalue weighted by molar-refractivity contribution is -0.128. The second-order valence-corrected chi connectivity index (χ2v) is 12.0. The van der Waals surface area contributed by atoms with Crippen molar-refractivity contribution in [1.82, 2.24) is 4.98 Å². The van der Waals surface area contributed by atoms with Gasteiger partial charge in [-0.3, -0.25) is 9.64 Å². The summed E-state index contributed by atoms with van der Waals surface area (Å²) in [7, 11) is -5.68. The number of carbonyl (C=O) groups excluding carboxylic acids is 1. The number of methoxy groups -OCH3 is 2. The number of carbonyl (C=O) groups is 1. The topological polar surface area (TPSA) is 137 Å². The van der Waals surface area contributed by atoms with Crippen molar-refractivity contribution in [2.75, 3.05) is 36.2 Å². The second-order valence-electron chi connectivity index (χ2n) is 8.26. The highest BCUT2D eigenvalue weighted by Gasteiger charge is 2.32. The number of hydrogen-bond acceptors (Lipinski definition) is 9. The summed E-state index contributed by atoms with van der Waals surface area (Å²) < 4.78 is 71.5. The van der Waals surface area contributed by atoms with Crippen molar-refractivity contribution in [3.05, 3.63) is 90.4 Å². The molecule has 14 heteroatoms. The number of sulfonamides is 2. The van der Waals surface area contributed by atoms with Gasteiger partial charge in [0.25, 0.3) is 26.5 Å². The summed E-state index contributed by atoms with van der Waals surface area (Å²) in [6.07, 6.45) is 1.17. The molecule has 1 aromatic heterocycles. The lowest BCUT2D eigenvalue weighted by Gasteiger charge is -2.26. The van der Waals surface area contributed by atoms with Crippen molar-refractivity contribution in [2.45, 2.75) is 9.79 Å². The molecule has 0 aliphatic rings. The van der Waals surface area contributed by atoms with E-state index in [0.717, 1.165) is 8.61 Å². The van der Waals surface area contributed by atoms with Crippen LogP contribution in [-0.4, -0.2) is 55.9 Å². The van der Waals surface area contributed by atoms with Gasteiger partial charge in [0.15, 0.2) is 12.5 Å². The molecule has 0 spiro atoms. The van der Waals surface area contributed by atoms with Crippen LogP contribution in [0.25, 0.3) is 15.6 Å². The number of rotatable bonds is 12. The molecule has 0 saturated heterocycles. The Morgan fingerprint density at radius 3 is 1.80 bits per heavy atom. The van der Waals surface area contributed by atoms with Crippen LogP contribution in [0.4, 0.5) is 11.5 Å². The van der Waals surface area contributed by atoms with Crippen LogP contribution in [0.5, 0.6) is 11.5 Å². The maximum atomic E-state index is 13.7. The van der Waals surface area contributed by atoms with Crippen LogP contribution in [0, 0.1) is 6.57 Å². The van der Waals surface area contributed by atoms with E-state index in [1.807, 2.05) is 0 Å². The van der Waals surface area contributed by atoms with Gasteiger partial charge in [0.2, 0.25) is 0 Å². The van der Waals surface area contributed by atoms with Gasteiger partial charge in [-0.1, -0.05) is 24.3 Å². The SMILES string of the molecule is [C-]#[N+]CN(c1cnc(N(COC=O)S(=O)(=O)c2ccc(OC)cc2)c2ccccc12)S(=O)(=O)c1ccc(OC)cc1. The predicted molar refractivity (Wildman–Crippen MR) is 151 cm³/mol. The molecule has 12 nitrogen and oxygen atoms in total.